The lowest BCUT2D eigenvalue weighted by atomic mass is 9.70. The summed E-state index contributed by atoms with van der Waals surface area (Å²) in [5.41, 5.74) is 7.73. The van der Waals surface area contributed by atoms with Gasteiger partial charge in [-0.1, -0.05) is 109 Å². The molecule has 1 aliphatic carbocycles. The number of nitrogens with zero attached hydrogens (tertiary/aromatic N) is 1. The van der Waals surface area contributed by atoms with E-state index >= 15 is 0 Å². The van der Waals surface area contributed by atoms with Crippen LogP contribution in [0, 0.1) is 0 Å². The van der Waals surface area contributed by atoms with Gasteiger partial charge in [0.2, 0.25) is 10.0 Å². The maximum absolute atomic E-state index is 14.8. The second-order valence-electron chi connectivity index (χ2n) is 10.4. The molecule has 1 spiro atoms. The molecule has 0 radical (unpaired) electrons. The summed E-state index contributed by atoms with van der Waals surface area (Å²) >= 11 is 0. The number of rotatable bonds is 3. The number of methoxy groups -OCH3 is 1. The summed E-state index contributed by atoms with van der Waals surface area (Å²) in [7, 11) is -2.24. The summed E-state index contributed by atoms with van der Waals surface area (Å²) < 4.78 is 37.1. The second kappa shape index (κ2) is 8.28. The van der Waals surface area contributed by atoms with Crippen LogP contribution in [0.5, 0.6) is 5.75 Å². The zero-order chi connectivity index (χ0) is 27.1. The summed E-state index contributed by atoms with van der Waals surface area (Å²) in [5.74, 6) is 0.733. The third kappa shape index (κ3) is 2.81. The topological polar surface area (TPSA) is 46.6 Å². The van der Waals surface area contributed by atoms with Crippen molar-refractivity contribution in [1.29, 1.82) is 0 Å². The first kappa shape index (κ1) is 23.4. The van der Waals surface area contributed by atoms with Gasteiger partial charge in [0.25, 0.3) is 0 Å². The minimum atomic E-state index is -3.91. The molecular formula is C35H25NO3S. The fourth-order valence-electron chi connectivity index (χ4n) is 7.13. The second-order valence-corrected chi connectivity index (χ2v) is 12.2. The molecule has 2 heterocycles. The van der Waals surface area contributed by atoms with Crippen molar-refractivity contribution in [1.82, 2.24) is 4.31 Å². The molecule has 0 N–H and O–H groups in total. The minimum Gasteiger partial charge on any atom is -0.497 e. The first-order valence-electron chi connectivity index (χ1n) is 13.4. The predicted octanol–water partition coefficient (Wildman–Crippen LogP) is 7.02. The highest BCUT2D eigenvalue weighted by Gasteiger charge is 2.66. The Morgan fingerprint density at radius 1 is 0.700 bits per heavy atom. The van der Waals surface area contributed by atoms with Crippen LogP contribution in [0.3, 0.4) is 0 Å². The average Bonchev–Trinajstić information content (AvgIpc) is 3.42. The van der Waals surface area contributed by atoms with Crippen LogP contribution < -0.4 is 4.74 Å². The van der Waals surface area contributed by atoms with Gasteiger partial charge in [-0.05, 0) is 62.7 Å². The van der Waals surface area contributed by atoms with E-state index in [4.69, 9.17) is 4.74 Å². The van der Waals surface area contributed by atoms with Crippen molar-refractivity contribution in [2.75, 3.05) is 7.11 Å². The first-order valence-corrected chi connectivity index (χ1v) is 14.8. The Morgan fingerprint density at radius 3 is 2.15 bits per heavy atom. The molecule has 0 fully saturated rings. The van der Waals surface area contributed by atoms with E-state index in [1.807, 2.05) is 78.9 Å². The Balaban J connectivity index is 1.63. The van der Waals surface area contributed by atoms with Gasteiger partial charge in [0, 0.05) is 5.56 Å². The lowest BCUT2D eigenvalue weighted by Gasteiger charge is -2.47. The molecule has 2 atom stereocenters. The normalized spacial score (nSPS) is 21.7. The van der Waals surface area contributed by atoms with Crippen molar-refractivity contribution in [3.63, 3.8) is 0 Å². The molecule has 40 heavy (non-hydrogen) atoms. The van der Waals surface area contributed by atoms with Gasteiger partial charge in [-0.2, -0.15) is 4.31 Å². The van der Waals surface area contributed by atoms with Crippen LogP contribution >= 0.6 is 0 Å². The van der Waals surface area contributed by atoms with Crippen LogP contribution in [0.25, 0.3) is 11.1 Å². The van der Waals surface area contributed by atoms with E-state index in [0.29, 0.717) is 4.90 Å². The molecule has 0 saturated carbocycles. The van der Waals surface area contributed by atoms with Crippen molar-refractivity contribution in [3.05, 3.63) is 166 Å². The molecule has 0 amide bonds. The Hall–Kier alpha value is -4.45. The zero-order valence-corrected chi connectivity index (χ0v) is 22.6. The molecule has 8 rings (SSSR count). The molecule has 5 aromatic carbocycles. The van der Waals surface area contributed by atoms with E-state index in [1.54, 1.807) is 17.5 Å². The molecule has 4 nitrogen and oxygen atoms in total. The van der Waals surface area contributed by atoms with E-state index in [0.717, 1.165) is 55.8 Å². The highest BCUT2D eigenvalue weighted by atomic mass is 32.2. The Morgan fingerprint density at radius 2 is 1.38 bits per heavy atom. The number of sulfonamides is 1. The van der Waals surface area contributed by atoms with E-state index in [1.165, 1.54) is 0 Å². The van der Waals surface area contributed by atoms with Crippen molar-refractivity contribution < 1.29 is 13.2 Å². The van der Waals surface area contributed by atoms with Gasteiger partial charge in [0.1, 0.15) is 11.3 Å². The van der Waals surface area contributed by atoms with Crippen LogP contribution in [0.2, 0.25) is 0 Å². The predicted molar refractivity (Wildman–Crippen MR) is 156 cm³/mol. The molecule has 5 aromatic rings. The van der Waals surface area contributed by atoms with Crippen molar-refractivity contribution in [2.45, 2.75) is 16.5 Å². The lowest BCUT2D eigenvalue weighted by molar-refractivity contribution is 0.260. The van der Waals surface area contributed by atoms with E-state index < -0.39 is 21.6 Å². The molecule has 0 unspecified atom stereocenters. The zero-order valence-electron chi connectivity index (χ0n) is 21.8. The molecule has 0 bridgehead atoms. The van der Waals surface area contributed by atoms with E-state index in [-0.39, 0.29) is 0 Å². The quantitative estimate of drug-likeness (QED) is 0.248. The number of hydrogen-bond donors (Lipinski definition) is 0. The Labute approximate surface area is 233 Å². The highest BCUT2D eigenvalue weighted by Crippen LogP contribution is 2.68. The monoisotopic (exact) mass is 539 g/mol. The SMILES string of the molecule is COc1ccc2c(c1)C(c1ccccc1)=C1c3ccccc3[C@@H](c3ccccc3)N3[C@]12c1ccccc1S3(=O)=O. The van der Waals surface area contributed by atoms with Gasteiger partial charge in [0.05, 0.1) is 18.0 Å². The molecule has 3 aliphatic rings. The highest BCUT2D eigenvalue weighted by molar-refractivity contribution is 7.89. The Bertz CT molecular complexity index is 1970. The number of hydrogen-bond acceptors (Lipinski definition) is 3. The van der Waals surface area contributed by atoms with Crippen LogP contribution in [-0.2, 0) is 15.6 Å². The molecule has 0 saturated heterocycles. The van der Waals surface area contributed by atoms with Crippen LogP contribution in [0.1, 0.15) is 45.0 Å². The Kier molecular flexibility index (Phi) is 4.85. The summed E-state index contributed by atoms with van der Waals surface area (Å²) in [6, 6.07) is 41.6. The van der Waals surface area contributed by atoms with Gasteiger partial charge in [-0.3, -0.25) is 0 Å². The average molecular weight is 540 g/mol. The minimum absolute atomic E-state index is 0.359. The van der Waals surface area contributed by atoms with Crippen LogP contribution in [0.4, 0.5) is 0 Å². The number of fused-ring (bicyclic) bond motifs is 4. The number of ether oxygens (including phenoxy) is 1. The maximum atomic E-state index is 14.8. The molecule has 194 valence electrons. The van der Waals surface area contributed by atoms with Gasteiger partial charge < -0.3 is 4.74 Å². The molecule has 0 aromatic heterocycles. The maximum Gasteiger partial charge on any atom is 0.245 e. The van der Waals surface area contributed by atoms with E-state index in [2.05, 4.69) is 42.5 Å². The lowest BCUT2D eigenvalue weighted by Crippen LogP contribution is -2.50. The van der Waals surface area contributed by atoms with Crippen molar-refractivity contribution in [2.24, 2.45) is 0 Å². The third-order valence-electron chi connectivity index (χ3n) is 8.58. The fourth-order valence-corrected chi connectivity index (χ4v) is 9.25. The van der Waals surface area contributed by atoms with Crippen molar-refractivity contribution in [3.8, 4) is 5.75 Å². The largest absolute Gasteiger partial charge is 0.497 e. The van der Waals surface area contributed by atoms with Crippen molar-refractivity contribution >= 4 is 21.2 Å². The van der Waals surface area contributed by atoms with Gasteiger partial charge in [0.15, 0.2) is 0 Å². The fraction of sp³-hybridized carbons (Fsp3) is 0.0857. The molecular weight excluding hydrogens is 514 g/mol. The standard InChI is InChI=1S/C35H25NO3S/c1-39-25-20-21-29-28(22-25)32(23-12-4-2-5-13-23)33-26-16-8-9-17-27(26)34(24-14-6-3-7-15-24)36-35(29,33)30-18-10-11-19-31(30)40(36,37)38/h2-22,34H,1H3/t34-,35-/m1/s1. The van der Waals surface area contributed by atoms with Crippen LogP contribution in [-0.4, -0.2) is 19.8 Å². The smallest absolute Gasteiger partial charge is 0.245 e. The van der Waals surface area contributed by atoms with Crippen LogP contribution in [0.15, 0.2) is 132 Å². The molecule has 2 aliphatic heterocycles. The van der Waals surface area contributed by atoms with Gasteiger partial charge in [-0.25, -0.2) is 8.42 Å². The van der Waals surface area contributed by atoms with Gasteiger partial charge >= 0.3 is 0 Å². The summed E-state index contributed by atoms with van der Waals surface area (Å²) in [5, 5.41) is 0. The molecule has 5 heteroatoms. The van der Waals surface area contributed by atoms with Gasteiger partial charge in [-0.15, -0.1) is 0 Å². The number of benzene rings is 5. The first-order chi connectivity index (χ1) is 19.6. The summed E-state index contributed by atoms with van der Waals surface area (Å²) in [6.07, 6.45) is 0. The summed E-state index contributed by atoms with van der Waals surface area (Å²) in [4.78, 5) is 0.359. The summed E-state index contributed by atoms with van der Waals surface area (Å²) in [6.45, 7) is 0. The third-order valence-corrected chi connectivity index (χ3v) is 10.5. The van der Waals surface area contributed by atoms with E-state index in [9.17, 15) is 8.42 Å².